The molecule has 0 aliphatic carbocycles. The first-order valence-corrected chi connectivity index (χ1v) is 7.09. The second-order valence-electron chi connectivity index (χ2n) is 3.18. The average molecular weight is 287 g/mol. The lowest BCUT2D eigenvalue weighted by Crippen LogP contribution is -2.15. The van der Waals surface area contributed by atoms with Gasteiger partial charge in [-0.15, -0.1) is 11.3 Å². The largest absolute Gasteiger partial charge is 0.465 e. The lowest BCUT2D eigenvalue weighted by molar-refractivity contribution is 0.0602. The molecule has 0 unspecified atom stereocenters. The van der Waals surface area contributed by atoms with Crippen LogP contribution in [0.15, 0.2) is 28.6 Å². The number of sulfonamides is 1. The number of aromatic amines is 1. The van der Waals surface area contributed by atoms with E-state index in [-0.39, 0.29) is 15.6 Å². The van der Waals surface area contributed by atoms with Crippen molar-refractivity contribution < 1.29 is 17.9 Å². The number of nitrogens with zero attached hydrogens (tertiary/aromatic N) is 1. The molecule has 0 amide bonds. The zero-order valence-corrected chi connectivity index (χ0v) is 10.8. The highest BCUT2D eigenvalue weighted by molar-refractivity contribution is 7.93. The maximum absolute atomic E-state index is 12.0. The summed E-state index contributed by atoms with van der Waals surface area (Å²) in [5.41, 5.74) is 0. The molecule has 0 fully saturated rings. The molecule has 0 aliphatic heterocycles. The highest BCUT2D eigenvalue weighted by Crippen LogP contribution is 2.24. The molecule has 2 heterocycles. The molecule has 0 radical (unpaired) electrons. The lowest BCUT2D eigenvalue weighted by atomic mass is 10.5. The molecule has 0 bridgehead atoms. The van der Waals surface area contributed by atoms with Gasteiger partial charge < -0.3 is 4.74 Å². The number of nitrogens with one attached hydrogen (secondary N) is 2. The summed E-state index contributed by atoms with van der Waals surface area (Å²) in [6.45, 7) is 0. The smallest absolute Gasteiger partial charge is 0.349 e. The summed E-state index contributed by atoms with van der Waals surface area (Å²) in [7, 11) is -2.64. The van der Waals surface area contributed by atoms with E-state index in [0.717, 1.165) is 11.3 Å². The van der Waals surface area contributed by atoms with Gasteiger partial charge in [0.25, 0.3) is 10.0 Å². The van der Waals surface area contributed by atoms with Crippen LogP contribution in [0.25, 0.3) is 0 Å². The molecule has 2 rings (SSSR count). The summed E-state index contributed by atoms with van der Waals surface area (Å²) < 4.78 is 30.9. The quantitative estimate of drug-likeness (QED) is 0.819. The van der Waals surface area contributed by atoms with E-state index < -0.39 is 16.0 Å². The van der Waals surface area contributed by atoms with E-state index in [0.29, 0.717) is 0 Å². The Morgan fingerprint density at radius 3 is 2.89 bits per heavy atom. The normalized spacial score (nSPS) is 11.2. The third-order valence-corrected chi connectivity index (χ3v) is 4.47. The highest BCUT2D eigenvalue weighted by Gasteiger charge is 2.24. The lowest BCUT2D eigenvalue weighted by Gasteiger charge is -2.05. The summed E-state index contributed by atoms with van der Waals surface area (Å²) in [4.78, 5) is 11.3. The summed E-state index contributed by atoms with van der Waals surface area (Å²) in [6, 6.07) is 2.80. The van der Waals surface area contributed by atoms with Gasteiger partial charge in [0.05, 0.1) is 13.3 Å². The Kier molecular flexibility index (Phi) is 3.34. The van der Waals surface area contributed by atoms with E-state index in [1.807, 2.05) is 0 Å². The van der Waals surface area contributed by atoms with E-state index >= 15 is 0 Å². The molecule has 0 saturated carbocycles. The van der Waals surface area contributed by atoms with Crippen molar-refractivity contribution in [1.82, 2.24) is 10.2 Å². The van der Waals surface area contributed by atoms with Crippen molar-refractivity contribution in [3.8, 4) is 0 Å². The minimum atomic E-state index is -3.84. The van der Waals surface area contributed by atoms with E-state index in [2.05, 4.69) is 19.7 Å². The first-order valence-electron chi connectivity index (χ1n) is 4.72. The van der Waals surface area contributed by atoms with Crippen LogP contribution in [0.5, 0.6) is 0 Å². The van der Waals surface area contributed by atoms with E-state index in [1.54, 1.807) is 0 Å². The first-order chi connectivity index (χ1) is 8.54. The van der Waals surface area contributed by atoms with Gasteiger partial charge in [-0.1, -0.05) is 0 Å². The summed E-state index contributed by atoms with van der Waals surface area (Å²) in [5, 5.41) is 7.59. The Morgan fingerprint density at radius 1 is 1.50 bits per heavy atom. The van der Waals surface area contributed by atoms with Crippen molar-refractivity contribution in [3.05, 3.63) is 28.6 Å². The number of anilines is 1. The van der Waals surface area contributed by atoms with Gasteiger partial charge in [0.2, 0.25) is 0 Å². The van der Waals surface area contributed by atoms with Gasteiger partial charge in [-0.25, -0.2) is 13.2 Å². The average Bonchev–Trinajstić information content (AvgIpc) is 2.97. The van der Waals surface area contributed by atoms with Crippen LogP contribution in [0.2, 0.25) is 0 Å². The van der Waals surface area contributed by atoms with Crippen molar-refractivity contribution in [2.24, 2.45) is 0 Å². The zero-order valence-electron chi connectivity index (χ0n) is 9.21. The van der Waals surface area contributed by atoms with E-state index in [9.17, 15) is 13.2 Å². The maximum atomic E-state index is 12.0. The molecular weight excluding hydrogens is 278 g/mol. The minimum absolute atomic E-state index is 0.0320. The first kappa shape index (κ1) is 12.6. The molecule has 18 heavy (non-hydrogen) atoms. The Labute approximate surface area is 107 Å². The van der Waals surface area contributed by atoms with Crippen molar-refractivity contribution in [2.75, 3.05) is 11.8 Å². The van der Waals surface area contributed by atoms with Crippen LogP contribution in [0.1, 0.15) is 9.67 Å². The monoisotopic (exact) mass is 287 g/mol. The predicted molar refractivity (Wildman–Crippen MR) is 65.1 cm³/mol. The third kappa shape index (κ3) is 2.36. The fraction of sp³-hybridized carbons (Fsp3) is 0.111. The maximum Gasteiger partial charge on any atom is 0.349 e. The Hall–Kier alpha value is -1.87. The molecular formula is C9H9N3O4S2. The molecule has 2 aromatic heterocycles. The number of aromatic nitrogens is 2. The summed E-state index contributed by atoms with van der Waals surface area (Å²) in [6.07, 6.45) is 1.41. The van der Waals surface area contributed by atoms with Crippen LogP contribution in [0.4, 0.5) is 5.82 Å². The number of ether oxygens (including phenoxy) is 1. The number of thiophene rings is 1. The molecule has 7 nitrogen and oxygen atoms in total. The van der Waals surface area contributed by atoms with E-state index in [4.69, 9.17) is 0 Å². The minimum Gasteiger partial charge on any atom is -0.465 e. The fourth-order valence-corrected chi connectivity index (χ4v) is 3.61. The fourth-order valence-electron chi connectivity index (χ4n) is 1.26. The van der Waals surface area contributed by atoms with Gasteiger partial charge in [0.15, 0.2) is 0 Å². The Morgan fingerprint density at radius 2 is 2.28 bits per heavy atom. The molecule has 9 heteroatoms. The zero-order chi connectivity index (χ0) is 13.2. The van der Waals surface area contributed by atoms with Gasteiger partial charge in [-0.2, -0.15) is 5.10 Å². The molecule has 0 saturated heterocycles. The Bertz CT molecular complexity index is 645. The van der Waals surface area contributed by atoms with Crippen LogP contribution in [-0.4, -0.2) is 31.7 Å². The number of hydrogen-bond donors (Lipinski definition) is 2. The number of esters is 1. The van der Waals surface area contributed by atoms with Crippen LogP contribution in [0, 0.1) is 0 Å². The molecule has 0 aromatic carbocycles. The number of methoxy groups -OCH3 is 1. The number of rotatable bonds is 4. The Balaban J connectivity index is 2.36. The van der Waals surface area contributed by atoms with Crippen molar-refractivity contribution in [2.45, 2.75) is 4.90 Å². The van der Waals surface area contributed by atoms with Crippen LogP contribution >= 0.6 is 11.3 Å². The standard InChI is InChI=1S/C9H9N3O4S2/c1-16-9(13)8-6(3-5-17-8)18(14,15)12-7-2-4-10-11-7/h2-5H,1H3,(H2,10,11,12). The van der Waals surface area contributed by atoms with Crippen LogP contribution in [0.3, 0.4) is 0 Å². The predicted octanol–water partition coefficient (Wildman–Crippen LogP) is 1.06. The van der Waals surface area contributed by atoms with Gasteiger partial charge in [-0.3, -0.25) is 9.82 Å². The number of H-pyrrole nitrogens is 1. The molecule has 96 valence electrons. The molecule has 0 spiro atoms. The number of hydrogen-bond acceptors (Lipinski definition) is 6. The van der Waals surface area contributed by atoms with Crippen LogP contribution < -0.4 is 4.72 Å². The summed E-state index contributed by atoms with van der Waals surface area (Å²) in [5.74, 6) is -0.466. The molecule has 2 N–H and O–H groups in total. The van der Waals surface area contributed by atoms with Crippen molar-refractivity contribution >= 4 is 33.1 Å². The van der Waals surface area contributed by atoms with Crippen molar-refractivity contribution in [3.63, 3.8) is 0 Å². The van der Waals surface area contributed by atoms with Gasteiger partial charge in [0, 0.05) is 6.07 Å². The second kappa shape index (κ2) is 4.78. The number of carbonyl (C=O) groups is 1. The van der Waals surface area contributed by atoms with Gasteiger partial charge >= 0.3 is 5.97 Å². The molecule has 0 atom stereocenters. The van der Waals surface area contributed by atoms with Gasteiger partial charge in [-0.05, 0) is 11.4 Å². The van der Waals surface area contributed by atoms with Crippen LogP contribution in [-0.2, 0) is 14.8 Å². The summed E-state index contributed by atoms with van der Waals surface area (Å²) >= 11 is 1.00. The number of carbonyl (C=O) groups excluding carboxylic acids is 1. The van der Waals surface area contributed by atoms with E-state index in [1.165, 1.54) is 30.8 Å². The second-order valence-corrected chi connectivity index (χ2v) is 5.75. The molecule has 2 aromatic rings. The van der Waals surface area contributed by atoms with Gasteiger partial charge in [0.1, 0.15) is 15.6 Å². The third-order valence-electron chi connectivity index (χ3n) is 2.03. The highest BCUT2D eigenvalue weighted by atomic mass is 32.2. The topological polar surface area (TPSA) is 101 Å². The molecule has 0 aliphatic rings. The van der Waals surface area contributed by atoms with Crippen molar-refractivity contribution in [1.29, 1.82) is 0 Å². The SMILES string of the molecule is COC(=O)c1sccc1S(=O)(=O)Nc1ccn[nH]1.